The van der Waals surface area contributed by atoms with Gasteiger partial charge < -0.3 is 10.6 Å². The highest BCUT2D eigenvalue weighted by molar-refractivity contribution is 5.91. The van der Waals surface area contributed by atoms with Gasteiger partial charge in [0.1, 0.15) is 0 Å². The Morgan fingerprint density at radius 2 is 2.20 bits per heavy atom. The van der Waals surface area contributed by atoms with Gasteiger partial charge in [0.2, 0.25) is 0 Å². The molecule has 1 aromatic heterocycles. The number of aromatic nitrogens is 3. The fraction of sp³-hybridized carbons (Fsp3) is 0.769. The first-order valence-corrected chi connectivity index (χ1v) is 7.07. The summed E-state index contributed by atoms with van der Waals surface area (Å²) >= 11 is 0. The zero-order valence-corrected chi connectivity index (χ0v) is 12.6. The SMILES string of the molecule is CC1(CNC(=O)c2cn(C3CCNCC3)nn2)CC1.Cl. The number of rotatable bonds is 4. The third kappa shape index (κ3) is 3.49. The molecule has 2 N–H and O–H groups in total. The molecule has 0 spiro atoms. The Morgan fingerprint density at radius 1 is 1.50 bits per heavy atom. The van der Waals surface area contributed by atoms with Crippen molar-refractivity contribution in [2.45, 2.75) is 38.6 Å². The smallest absolute Gasteiger partial charge is 0.273 e. The highest BCUT2D eigenvalue weighted by Gasteiger charge is 2.37. The number of hydrogen-bond donors (Lipinski definition) is 2. The van der Waals surface area contributed by atoms with Crippen LogP contribution in [0.5, 0.6) is 0 Å². The molecule has 1 aliphatic carbocycles. The fourth-order valence-corrected chi connectivity index (χ4v) is 2.40. The van der Waals surface area contributed by atoms with E-state index >= 15 is 0 Å². The van der Waals surface area contributed by atoms with Gasteiger partial charge in [0.05, 0.1) is 12.2 Å². The standard InChI is InChI=1S/C13H21N5O.ClH/c1-13(4-5-13)9-15-12(19)11-8-18(17-16-11)10-2-6-14-7-3-10;/h8,10,14H,2-7,9H2,1H3,(H,15,19);1H. The molecule has 2 heterocycles. The topological polar surface area (TPSA) is 71.8 Å². The molecular formula is C13H22ClN5O. The fourth-order valence-electron chi connectivity index (χ4n) is 2.40. The molecule has 0 radical (unpaired) electrons. The van der Waals surface area contributed by atoms with Crippen molar-refractivity contribution < 1.29 is 4.79 Å². The van der Waals surface area contributed by atoms with Gasteiger partial charge >= 0.3 is 0 Å². The number of carbonyl (C=O) groups excluding carboxylic acids is 1. The van der Waals surface area contributed by atoms with E-state index < -0.39 is 0 Å². The van der Waals surface area contributed by atoms with Gasteiger partial charge in [0.25, 0.3) is 5.91 Å². The highest BCUT2D eigenvalue weighted by atomic mass is 35.5. The van der Waals surface area contributed by atoms with Gasteiger partial charge in [-0.3, -0.25) is 4.79 Å². The summed E-state index contributed by atoms with van der Waals surface area (Å²) in [6, 6.07) is 0.372. The van der Waals surface area contributed by atoms with Crippen LogP contribution in [0, 0.1) is 5.41 Å². The Balaban J connectivity index is 0.00000147. The van der Waals surface area contributed by atoms with Crippen molar-refractivity contribution in [1.29, 1.82) is 0 Å². The molecule has 1 aliphatic heterocycles. The largest absolute Gasteiger partial charge is 0.350 e. The van der Waals surface area contributed by atoms with Crippen molar-refractivity contribution >= 4 is 18.3 Å². The van der Waals surface area contributed by atoms with E-state index in [0.717, 1.165) is 32.5 Å². The van der Waals surface area contributed by atoms with Gasteiger partial charge in [0, 0.05) is 6.54 Å². The van der Waals surface area contributed by atoms with Crippen LogP contribution in [0.3, 0.4) is 0 Å². The lowest BCUT2D eigenvalue weighted by molar-refractivity contribution is 0.0941. The van der Waals surface area contributed by atoms with Gasteiger partial charge in [-0.2, -0.15) is 0 Å². The van der Waals surface area contributed by atoms with E-state index in [-0.39, 0.29) is 18.3 Å². The van der Waals surface area contributed by atoms with E-state index in [1.165, 1.54) is 12.8 Å². The van der Waals surface area contributed by atoms with Crippen LogP contribution >= 0.6 is 12.4 Å². The molecule has 2 fully saturated rings. The van der Waals surface area contributed by atoms with Gasteiger partial charge in [-0.25, -0.2) is 4.68 Å². The zero-order chi connectivity index (χ0) is 13.3. The Kier molecular flexibility index (Phi) is 4.65. The normalized spacial score (nSPS) is 21.1. The van der Waals surface area contributed by atoms with E-state index in [1.54, 1.807) is 6.20 Å². The summed E-state index contributed by atoms with van der Waals surface area (Å²) in [7, 11) is 0. The number of halogens is 1. The lowest BCUT2D eigenvalue weighted by Gasteiger charge is -2.22. The lowest BCUT2D eigenvalue weighted by Crippen LogP contribution is -2.30. The van der Waals surface area contributed by atoms with Crippen LogP contribution < -0.4 is 10.6 Å². The summed E-state index contributed by atoms with van der Waals surface area (Å²) in [5.41, 5.74) is 0.753. The van der Waals surface area contributed by atoms with Crippen molar-refractivity contribution in [2.24, 2.45) is 5.41 Å². The summed E-state index contributed by atoms with van der Waals surface area (Å²) in [6.45, 7) is 4.94. The van der Waals surface area contributed by atoms with Crippen LogP contribution in [-0.4, -0.2) is 40.5 Å². The van der Waals surface area contributed by atoms with Crippen LogP contribution in [0.2, 0.25) is 0 Å². The van der Waals surface area contributed by atoms with Gasteiger partial charge in [0.15, 0.2) is 5.69 Å². The monoisotopic (exact) mass is 299 g/mol. The van der Waals surface area contributed by atoms with E-state index in [0.29, 0.717) is 17.2 Å². The number of nitrogens with one attached hydrogen (secondary N) is 2. The Bertz CT molecular complexity index is 465. The molecule has 0 atom stereocenters. The maximum Gasteiger partial charge on any atom is 0.273 e. The molecule has 20 heavy (non-hydrogen) atoms. The summed E-state index contributed by atoms with van der Waals surface area (Å²) in [5, 5.41) is 14.4. The second-order valence-corrected chi connectivity index (χ2v) is 6.06. The summed E-state index contributed by atoms with van der Waals surface area (Å²) in [5.74, 6) is -0.103. The van der Waals surface area contributed by atoms with E-state index in [2.05, 4.69) is 27.9 Å². The van der Waals surface area contributed by atoms with Crippen LogP contribution in [0.1, 0.15) is 49.1 Å². The van der Waals surface area contributed by atoms with Crippen molar-refractivity contribution in [3.05, 3.63) is 11.9 Å². The third-order valence-electron chi connectivity index (χ3n) is 4.21. The zero-order valence-electron chi connectivity index (χ0n) is 11.8. The Labute approximate surface area is 125 Å². The Morgan fingerprint density at radius 3 is 2.85 bits per heavy atom. The molecule has 6 nitrogen and oxygen atoms in total. The van der Waals surface area contributed by atoms with Gasteiger partial charge in [-0.15, -0.1) is 17.5 Å². The second kappa shape index (κ2) is 6.10. The van der Waals surface area contributed by atoms with E-state index in [9.17, 15) is 4.79 Å². The van der Waals surface area contributed by atoms with Crippen molar-refractivity contribution in [3.8, 4) is 0 Å². The molecule has 3 rings (SSSR count). The molecule has 7 heteroatoms. The third-order valence-corrected chi connectivity index (χ3v) is 4.21. The van der Waals surface area contributed by atoms with Crippen LogP contribution in [-0.2, 0) is 0 Å². The van der Waals surface area contributed by atoms with Crippen molar-refractivity contribution in [2.75, 3.05) is 19.6 Å². The van der Waals surface area contributed by atoms with Crippen molar-refractivity contribution in [1.82, 2.24) is 25.6 Å². The first-order chi connectivity index (χ1) is 9.16. The molecule has 1 saturated carbocycles. The minimum atomic E-state index is -0.103. The van der Waals surface area contributed by atoms with Crippen molar-refractivity contribution in [3.63, 3.8) is 0 Å². The van der Waals surface area contributed by atoms with Gasteiger partial charge in [-0.1, -0.05) is 12.1 Å². The van der Waals surface area contributed by atoms with E-state index in [1.807, 2.05) is 4.68 Å². The number of nitrogens with zero attached hydrogens (tertiary/aromatic N) is 3. The number of piperidine rings is 1. The molecule has 1 amide bonds. The highest BCUT2D eigenvalue weighted by Crippen LogP contribution is 2.44. The van der Waals surface area contributed by atoms with E-state index in [4.69, 9.17) is 0 Å². The molecule has 1 saturated heterocycles. The number of hydrogen-bond acceptors (Lipinski definition) is 4. The first-order valence-electron chi connectivity index (χ1n) is 7.07. The first kappa shape index (κ1) is 15.3. The average Bonchev–Trinajstić information content (AvgIpc) is 2.99. The predicted molar refractivity (Wildman–Crippen MR) is 78.1 cm³/mol. The summed E-state index contributed by atoms with van der Waals surface area (Å²) in [4.78, 5) is 12.0. The minimum Gasteiger partial charge on any atom is -0.350 e. The second-order valence-electron chi connectivity index (χ2n) is 6.06. The average molecular weight is 300 g/mol. The Hall–Kier alpha value is -1.14. The minimum absolute atomic E-state index is 0. The molecule has 112 valence electrons. The maximum atomic E-state index is 12.0. The summed E-state index contributed by atoms with van der Waals surface area (Å²) in [6.07, 6.45) is 6.27. The molecule has 0 bridgehead atoms. The lowest BCUT2D eigenvalue weighted by atomic mass is 10.1. The van der Waals surface area contributed by atoms with Gasteiger partial charge in [-0.05, 0) is 44.2 Å². The predicted octanol–water partition coefficient (Wildman–Crippen LogP) is 1.15. The molecular weight excluding hydrogens is 278 g/mol. The van der Waals surface area contributed by atoms with Crippen LogP contribution in [0.25, 0.3) is 0 Å². The summed E-state index contributed by atoms with van der Waals surface area (Å²) < 4.78 is 1.84. The number of carbonyl (C=O) groups is 1. The molecule has 2 aliphatic rings. The number of amides is 1. The van der Waals surface area contributed by atoms with Crippen LogP contribution in [0.4, 0.5) is 0 Å². The molecule has 0 aromatic carbocycles. The molecule has 1 aromatic rings. The maximum absolute atomic E-state index is 12.0. The quantitative estimate of drug-likeness (QED) is 0.875. The van der Waals surface area contributed by atoms with Crippen LogP contribution in [0.15, 0.2) is 6.20 Å². The molecule has 0 unspecified atom stereocenters.